The third-order valence-corrected chi connectivity index (χ3v) is 1.28. The van der Waals surface area contributed by atoms with Crippen LogP contribution in [0.3, 0.4) is 0 Å². The summed E-state index contributed by atoms with van der Waals surface area (Å²) in [6.07, 6.45) is 2.64. The molecule has 0 aliphatic carbocycles. The summed E-state index contributed by atoms with van der Waals surface area (Å²) in [6, 6.07) is 0. The molecular formula is C7H9NO2. The lowest BCUT2D eigenvalue weighted by Gasteiger charge is -1.87. The first-order valence-corrected chi connectivity index (χ1v) is 3.22. The number of carbonyl (C=O) groups is 1. The molecule has 3 nitrogen and oxygen atoms in total. The van der Waals surface area contributed by atoms with E-state index in [0.717, 1.165) is 6.42 Å². The normalized spacial score (nSPS) is 21.2. The van der Waals surface area contributed by atoms with Crippen molar-refractivity contribution in [2.24, 2.45) is 5.16 Å². The van der Waals surface area contributed by atoms with Crippen LogP contribution in [0.1, 0.15) is 20.3 Å². The summed E-state index contributed by atoms with van der Waals surface area (Å²) in [5.74, 6) is -0.334. The minimum Gasteiger partial charge on any atom is -0.312 e. The zero-order chi connectivity index (χ0) is 7.56. The highest BCUT2D eigenvalue weighted by Gasteiger charge is 2.20. The van der Waals surface area contributed by atoms with Gasteiger partial charge in [-0.2, -0.15) is 0 Å². The number of hydrogen-bond acceptors (Lipinski definition) is 3. The Morgan fingerprint density at radius 1 is 1.70 bits per heavy atom. The molecule has 0 radical (unpaired) electrons. The average molecular weight is 139 g/mol. The van der Waals surface area contributed by atoms with Crippen molar-refractivity contribution >= 4 is 11.7 Å². The molecule has 0 aromatic rings. The Balaban J connectivity index is 2.84. The minimum atomic E-state index is -0.334. The molecule has 0 unspecified atom stereocenters. The highest BCUT2D eigenvalue weighted by Crippen LogP contribution is 2.10. The summed E-state index contributed by atoms with van der Waals surface area (Å²) in [7, 11) is 0. The van der Waals surface area contributed by atoms with Gasteiger partial charge in [-0.3, -0.25) is 0 Å². The second-order valence-corrected chi connectivity index (χ2v) is 2.08. The first-order chi connectivity index (χ1) is 4.75. The molecule has 0 saturated heterocycles. The number of hydrogen-bond donors (Lipinski definition) is 0. The van der Waals surface area contributed by atoms with Crippen LogP contribution < -0.4 is 0 Å². The van der Waals surface area contributed by atoms with E-state index >= 15 is 0 Å². The second kappa shape index (κ2) is 2.64. The number of rotatable bonds is 1. The molecule has 0 aromatic carbocycles. The number of nitrogens with zero attached hydrogens (tertiary/aromatic N) is 1. The van der Waals surface area contributed by atoms with Crippen molar-refractivity contribution < 1.29 is 9.63 Å². The molecule has 0 saturated carbocycles. The monoisotopic (exact) mass is 139 g/mol. The summed E-state index contributed by atoms with van der Waals surface area (Å²) in [5.41, 5.74) is 1.27. The standard InChI is InChI=1S/C7H9NO2/c1-3-4-6-5(2)8-10-7(6)9/h4H,3H2,1-2H3/b6-4-. The highest BCUT2D eigenvalue weighted by molar-refractivity contribution is 6.21. The molecular weight excluding hydrogens is 130 g/mol. The number of allylic oxidation sites excluding steroid dienone is 1. The van der Waals surface area contributed by atoms with Gasteiger partial charge in [-0.25, -0.2) is 4.79 Å². The summed E-state index contributed by atoms with van der Waals surface area (Å²) in [5, 5.41) is 3.52. The first kappa shape index (κ1) is 6.99. The summed E-state index contributed by atoms with van der Waals surface area (Å²) < 4.78 is 0. The van der Waals surface area contributed by atoms with Gasteiger partial charge in [-0.1, -0.05) is 18.2 Å². The molecule has 1 aliphatic heterocycles. The van der Waals surface area contributed by atoms with E-state index in [1.165, 1.54) is 0 Å². The van der Waals surface area contributed by atoms with Crippen LogP contribution in [0.2, 0.25) is 0 Å². The van der Waals surface area contributed by atoms with E-state index in [2.05, 4.69) is 9.99 Å². The van der Waals surface area contributed by atoms with E-state index in [9.17, 15) is 4.79 Å². The van der Waals surface area contributed by atoms with E-state index in [1.807, 2.05) is 13.0 Å². The van der Waals surface area contributed by atoms with Gasteiger partial charge in [-0.15, -0.1) is 0 Å². The number of carbonyl (C=O) groups excluding carboxylic acids is 1. The van der Waals surface area contributed by atoms with Crippen LogP contribution in [0.15, 0.2) is 16.8 Å². The lowest BCUT2D eigenvalue weighted by molar-refractivity contribution is -0.136. The van der Waals surface area contributed by atoms with Gasteiger partial charge in [0, 0.05) is 0 Å². The SMILES string of the molecule is CC/C=C1\C(=O)ON=C1C. The van der Waals surface area contributed by atoms with Crippen LogP contribution in [0.5, 0.6) is 0 Å². The molecule has 0 amide bonds. The molecule has 54 valence electrons. The summed E-state index contributed by atoms with van der Waals surface area (Å²) in [6.45, 7) is 3.72. The smallest absolute Gasteiger partial charge is 0.312 e. The summed E-state index contributed by atoms with van der Waals surface area (Å²) in [4.78, 5) is 15.2. The van der Waals surface area contributed by atoms with Gasteiger partial charge in [0.2, 0.25) is 0 Å². The fourth-order valence-corrected chi connectivity index (χ4v) is 0.791. The van der Waals surface area contributed by atoms with Crippen LogP contribution in [0.25, 0.3) is 0 Å². The topological polar surface area (TPSA) is 38.7 Å². The van der Waals surface area contributed by atoms with Crippen molar-refractivity contribution in [3.8, 4) is 0 Å². The minimum absolute atomic E-state index is 0.334. The van der Waals surface area contributed by atoms with Crippen molar-refractivity contribution in [3.63, 3.8) is 0 Å². The Kier molecular flexibility index (Phi) is 1.85. The Bertz CT molecular complexity index is 216. The molecule has 1 aliphatic rings. The molecule has 0 fully saturated rings. The van der Waals surface area contributed by atoms with Crippen molar-refractivity contribution in [2.45, 2.75) is 20.3 Å². The molecule has 1 rings (SSSR count). The van der Waals surface area contributed by atoms with E-state index in [1.54, 1.807) is 6.92 Å². The Morgan fingerprint density at radius 3 is 2.80 bits per heavy atom. The van der Waals surface area contributed by atoms with Gasteiger partial charge in [0.15, 0.2) is 0 Å². The predicted molar refractivity (Wildman–Crippen MR) is 37.6 cm³/mol. The molecule has 0 atom stereocenters. The third kappa shape index (κ3) is 1.07. The van der Waals surface area contributed by atoms with Crippen molar-refractivity contribution in [1.82, 2.24) is 0 Å². The van der Waals surface area contributed by atoms with Gasteiger partial charge in [0.1, 0.15) is 0 Å². The van der Waals surface area contributed by atoms with Gasteiger partial charge < -0.3 is 4.84 Å². The largest absolute Gasteiger partial charge is 0.367 e. The van der Waals surface area contributed by atoms with Gasteiger partial charge >= 0.3 is 5.97 Å². The zero-order valence-corrected chi connectivity index (χ0v) is 6.05. The van der Waals surface area contributed by atoms with Gasteiger partial charge in [0.05, 0.1) is 11.3 Å². The van der Waals surface area contributed by atoms with Crippen LogP contribution in [0, 0.1) is 0 Å². The molecule has 0 aromatic heterocycles. The zero-order valence-electron chi connectivity index (χ0n) is 6.05. The van der Waals surface area contributed by atoms with Crippen LogP contribution >= 0.6 is 0 Å². The Hall–Kier alpha value is -1.12. The average Bonchev–Trinajstić information content (AvgIpc) is 2.20. The van der Waals surface area contributed by atoms with Gasteiger partial charge in [-0.05, 0) is 13.3 Å². The van der Waals surface area contributed by atoms with Crippen molar-refractivity contribution in [2.75, 3.05) is 0 Å². The highest BCUT2D eigenvalue weighted by atomic mass is 16.7. The van der Waals surface area contributed by atoms with Crippen LogP contribution in [-0.2, 0) is 9.63 Å². The Labute approximate surface area is 59.4 Å². The first-order valence-electron chi connectivity index (χ1n) is 3.22. The van der Waals surface area contributed by atoms with Crippen molar-refractivity contribution in [3.05, 3.63) is 11.6 Å². The van der Waals surface area contributed by atoms with E-state index in [-0.39, 0.29) is 5.97 Å². The lowest BCUT2D eigenvalue weighted by Crippen LogP contribution is -2.01. The Morgan fingerprint density at radius 2 is 2.40 bits per heavy atom. The fourth-order valence-electron chi connectivity index (χ4n) is 0.791. The molecule has 3 heteroatoms. The van der Waals surface area contributed by atoms with Crippen LogP contribution in [0.4, 0.5) is 0 Å². The summed E-state index contributed by atoms with van der Waals surface area (Å²) >= 11 is 0. The maximum absolute atomic E-state index is 10.8. The van der Waals surface area contributed by atoms with Crippen molar-refractivity contribution in [1.29, 1.82) is 0 Å². The van der Waals surface area contributed by atoms with E-state index in [4.69, 9.17) is 0 Å². The molecule has 1 heterocycles. The molecule has 0 spiro atoms. The maximum Gasteiger partial charge on any atom is 0.367 e. The maximum atomic E-state index is 10.8. The van der Waals surface area contributed by atoms with Gasteiger partial charge in [0.25, 0.3) is 0 Å². The second-order valence-electron chi connectivity index (χ2n) is 2.08. The van der Waals surface area contributed by atoms with E-state index < -0.39 is 0 Å². The van der Waals surface area contributed by atoms with Crippen LogP contribution in [-0.4, -0.2) is 11.7 Å². The fraction of sp³-hybridized carbons (Fsp3) is 0.429. The quantitative estimate of drug-likeness (QED) is 0.405. The molecule has 10 heavy (non-hydrogen) atoms. The molecule has 0 bridgehead atoms. The number of oxime groups is 1. The lowest BCUT2D eigenvalue weighted by atomic mass is 10.1. The van der Waals surface area contributed by atoms with E-state index in [0.29, 0.717) is 11.3 Å². The predicted octanol–water partition coefficient (Wildman–Crippen LogP) is 1.26. The molecule has 0 N–H and O–H groups in total. The third-order valence-electron chi connectivity index (χ3n) is 1.28.